The van der Waals surface area contributed by atoms with Crippen LogP contribution < -0.4 is 10.1 Å². The molecule has 1 aromatic carbocycles. The third-order valence-corrected chi connectivity index (χ3v) is 4.93. The number of halogens is 1. The molecule has 0 saturated carbocycles. The van der Waals surface area contributed by atoms with Gasteiger partial charge in [0.1, 0.15) is 16.8 Å². The molecule has 1 aliphatic carbocycles. The number of nitrogens with zero attached hydrogens (tertiary/aromatic N) is 1. The van der Waals surface area contributed by atoms with Crippen LogP contribution in [0.1, 0.15) is 22.4 Å². The summed E-state index contributed by atoms with van der Waals surface area (Å²) in [5.41, 5.74) is 1.71. The standard InChI is InChI=1S/C16H13ClN2O2S/c17-10-4-6-11(7-5-10)21-9-15(20)19-16-13(8-18)12-2-1-3-14(12)22-16/h4-7H,1-3,9H2,(H,19,20). The first kappa shape index (κ1) is 14.9. The van der Waals surface area contributed by atoms with Crippen LogP contribution >= 0.6 is 22.9 Å². The molecule has 6 heteroatoms. The van der Waals surface area contributed by atoms with Gasteiger partial charge < -0.3 is 10.1 Å². The smallest absolute Gasteiger partial charge is 0.262 e. The molecule has 0 bridgehead atoms. The van der Waals surface area contributed by atoms with E-state index in [1.165, 1.54) is 16.2 Å². The van der Waals surface area contributed by atoms with Crippen molar-refractivity contribution < 1.29 is 9.53 Å². The summed E-state index contributed by atoms with van der Waals surface area (Å²) in [5, 5.41) is 13.3. The maximum atomic E-state index is 12.0. The van der Waals surface area contributed by atoms with Crippen molar-refractivity contribution >= 4 is 33.8 Å². The highest BCUT2D eigenvalue weighted by Crippen LogP contribution is 2.38. The molecule has 3 rings (SSSR count). The lowest BCUT2D eigenvalue weighted by Gasteiger charge is -2.07. The van der Waals surface area contributed by atoms with Crippen LogP contribution in [0.25, 0.3) is 0 Å². The van der Waals surface area contributed by atoms with Crippen molar-refractivity contribution in [3.05, 3.63) is 45.3 Å². The number of carbonyl (C=O) groups excluding carboxylic acids is 1. The van der Waals surface area contributed by atoms with Gasteiger partial charge in [-0.1, -0.05) is 11.6 Å². The minimum absolute atomic E-state index is 0.102. The lowest BCUT2D eigenvalue weighted by atomic mass is 10.1. The fourth-order valence-electron chi connectivity index (χ4n) is 2.45. The minimum atomic E-state index is -0.272. The number of ether oxygens (including phenoxy) is 1. The van der Waals surface area contributed by atoms with E-state index < -0.39 is 0 Å². The van der Waals surface area contributed by atoms with Crippen LogP contribution in [0.5, 0.6) is 5.75 Å². The Hall–Kier alpha value is -2.03. The van der Waals surface area contributed by atoms with Crippen LogP contribution in [-0.2, 0) is 17.6 Å². The molecule has 0 fully saturated rings. The molecule has 1 heterocycles. The lowest BCUT2D eigenvalue weighted by molar-refractivity contribution is -0.118. The first-order valence-electron chi connectivity index (χ1n) is 6.90. The zero-order valence-corrected chi connectivity index (χ0v) is 13.3. The topological polar surface area (TPSA) is 62.1 Å². The van der Waals surface area contributed by atoms with Gasteiger partial charge in [0, 0.05) is 9.90 Å². The SMILES string of the molecule is N#Cc1c(NC(=O)COc2ccc(Cl)cc2)sc2c1CCC2. The monoisotopic (exact) mass is 332 g/mol. The van der Waals surface area contributed by atoms with Crippen molar-refractivity contribution in [3.8, 4) is 11.8 Å². The largest absolute Gasteiger partial charge is 0.484 e. The van der Waals surface area contributed by atoms with Crippen molar-refractivity contribution in [1.82, 2.24) is 0 Å². The Labute approximate surface area is 137 Å². The minimum Gasteiger partial charge on any atom is -0.484 e. The molecule has 2 aromatic rings. The third kappa shape index (κ3) is 3.08. The first-order chi connectivity index (χ1) is 10.7. The van der Waals surface area contributed by atoms with E-state index in [1.54, 1.807) is 24.3 Å². The van der Waals surface area contributed by atoms with Crippen molar-refractivity contribution in [3.63, 3.8) is 0 Å². The van der Waals surface area contributed by atoms with E-state index in [0.717, 1.165) is 24.8 Å². The molecule has 112 valence electrons. The number of carbonyl (C=O) groups is 1. The molecule has 1 N–H and O–H groups in total. The number of benzene rings is 1. The molecular formula is C16H13ClN2O2S. The second kappa shape index (κ2) is 6.39. The van der Waals surface area contributed by atoms with Gasteiger partial charge in [0.25, 0.3) is 5.91 Å². The Balaban J connectivity index is 1.63. The average molecular weight is 333 g/mol. The Kier molecular flexibility index (Phi) is 4.32. The highest BCUT2D eigenvalue weighted by molar-refractivity contribution is 7.16. The molecule has 0 spiro atoms. The number of thiophene rings is 1. The summed E-state index contributed by atoms with van der Waals surface area (Å²) >= 11 is 7.29. The number of hydrogen-bond donors (Lipinski definition) is 1. The second-order valence-electron chi connectivity index (χ2n) is 4.96. The van der Waals surface area contributed by atoms with Crippen molar-refractivity contribution in [2.75, 3.05) is 11.9 Å². The number of anilines is 1. The fraction of sp³-hybridized carbons (Fsp3) is 0.250. The number of nitrogens with one attached hydrogen (secondary N) is 1. The Morgan fingerprint density at radius 3 is 2.86 bits per heavy atom. The van der Waals surface area contributed by atoms with E-state index in [0.29, 0.717) is 21.3 Å². The van der Waals surface area contributed by atoms with Gasteiger partial charge in [0.05, 0.1) is 5.56 Å². The van der Waals surface area contributed by atoms with E-state index in [4.69, 9.17) is 16.3 Å². The van der Waals surface area contributed by atoms with E-state index in [-0.39, 0.29) is 12.5 Å². The average Bonchev–Trinajstić information content (AvgIpc) is 3.07. The van der Waals surface area contributed by atoms with E-state index in [9.17, 15) is 10.1 Å². The molecule has 1 aromatic heterocycles. The van der Waals surface area contributed by atoms with Crippen molar-refractivity contribution in [1.29, 1.82) is 5.26 Å². The number of hydrogen-bond acceptors (Lipinski definition) is 4. The molecule has 0 saturated heterocycles. The van der Waals surface area contributed by atoms with Gasteiger partial charge in [-0.05, 0) is 49.1 Å². The van der Waals surface area contributed by atoms with Crippen LogP contribution in [0.2, 0.25) is 5.02 Å². The number of rotatable bonds is 4. The van der Waals surface area contributed by atoms with Crippen molar-refractivity contribution in [2.24, 2.45) is 0 Å². The molecule has 0 aliphatic heterocycles. The van der Waals surface area contributed by atoms with Crippen LogP contribution in [0.3, 0.4) is 0 Å². The molecule has 1 aliphatic rings. The highest BCUT2D eigenvalue weighted by Gasteiger charge is 2.23. The van der Waals surface area contributed by atoms with Crippen molar-refractivity contribution in [2.45, 2.75) is 19.3 Å². The predicted molar refractivity (Wildman–Crippen MR) is 86.6 cm³/mol. The maximum Gasteiger partial charge on any atom is 0.262 e. The molecule has 22 heavy (non-hydrogen) atoms. The van der Waals surface area contributed by atoms with Gasteiger partial charge in [-0.2, -0.15) is 5.26 Å². The molecule has 0 atom stereocenters. The van der Waals surface area contributed by atoms with Crippen LogP contribution in [0.15, 0.2) is 24.3 Å². The lowest BCUT2D eigenvalue weighted by Crippen LogP contribution is -2.20. The summed E-state index contributed by atoms with van der Waals surface area (Å²) in [6.45, 7) is -0.102. The summed E-state index contributed by atoms with van der Waals surface area (Å²) in [4.78, 5) is 13.2. The van der Waals surface area contributed by atoms with E-state index >= 15 is 0 Å². The van der Waals surface area contributed by atoms with Crippen LogP contribution in [-0.4, -0.2) is 12.5 Å². The molecule has 0 radical (unpaired) electrons. The maximum absolute atomic E-state index is 12.0. The predicted octanol–water partition coefficient (Wildman–Crippen LogP) is 3.78. The number of amides is 1. The zero-order chi connectivity index (χ0) is 15.5. The summed E-state index contributed by atoms with van der Waals surface area (Å²) < 4.78 is 5.40. The van der Waals surface area contributed by atoms with Gasteiger partial charge in [-0.15, -0.1) is 11.3 Å². The van der Waals surface area contributed by atoms with E-state index in [1.807, 2.05) is 0 Å². The summed E-state index contributed by atoms with van der Waals surface area (Å²) in [6.07, 6.45) is 3.00. The quantitative estimate of drug-likeness (QED) is 0.926. The number of nitriles is 1. The number of fused-ring (bicyclic) bond motifs is 1. The Bertz CT molecular complexity index is 747. The van der Waals surface area contributed by atoms with Gasteiger partial charge in [0.2, 0.25) is 0 Å². The van der Waals surface area contributed by atoms with Gasteiger partial charge in [0.15, 0.2) is 6.61 Å². The number of aryl methyl sites for hydroxylation is 1. The Morgan fingerprint density at radius 2 is 2.14 bits per heavy atom. The fourth-order valence-corrected chi connectivity index (χ4v) is 3.83. The second-order valence-corrected chi connectivity index (χ2v) is 6.51. The van der Waals surface area contributed by atoms with Crippen LogP contribution in [0, 0.1) is 11.3 Å². The normalized spacial score (nSPS) is 12.5. The first-order valence-corrected chi connectivity index (χ1v) is 8.09. The van der Waals surface area contributed by atoms with Gasteiger partial charge in [-0.3, -0.25) is 4.79 Å². The summed E-state index contributed by atoms with van der Waals surface area (Å²) in [5.74, 6) is 0.306. The van der Waals surface area contributed by atoms with Gasteiger partial charge in [-0.25, -0.2) is 0 Å². The summed E-state index contributed by atoms with van der Waals surface area (Å²) in [6, 6.07) is 9.01. The van der Waals surface area contributed by atoms with Gasteiger partial charge >= 0.3 is 0 Å². The molecular weight excluding hydrogens is 320 g/mol. The third-order valence-electron chi connectivity index (χ3n) is 3.47. The van der Waals surface area contributed by atoms with Crippen LogP contribution in [0.4, 0.5) is 5.00 Å². The zero-order valence-electron chi connectivity index (χ0n) is 11.7. The molecule has 0 unspecified atom stereocenters. The molecule has 1 amide bonds. The molecule has 4 nitrogen and oxygen atoms in total. The Morgan fingerprint density at radius 1 is 1.36 bits per heavy atom. The summed E-state index contributed by atoms with van der Waals surface area (Å²) in [7, 11) is 0. The van der Waals surface area contributed by atoms with E-state index in [2.05, 4.69) is 11.4 Å². The highest BCUT2D eigenvalue weighted by atomic mass is 35.5.